The van der Waals surface area contributed by atoms with Crippen LogP contribution in [0.3, 0.4) is 0 Å². The minimum atomic E-state index is -0.982. The van der Waals surface area contributed by atoms with E-state index >= 15 is 0 Å². The van der Waals surface area contributed by atoms with E-state index in [1.54, 1.807) is 22.4 Å². The molecule has 0 unspecified atom stereocenters. The molecule has 0 fully saturated rings. The van der Waals surface area contributed by atoms with Crippen molar-refractivity contribution < 1.29 is 19.1 Å². The molecular weight excluding hydrogens is 333 g/mol. The summed E-state index contributed by atoms with van der Waals surface area (Å²) in [5.41, 5.74) is 1.39. The first-order valence-electron chi connectivity index (χ1n) is 7.32. The molecule has 0 saturated heterocycles. The molecule has 128 valence electrons. The lowest BCUT2D eigenvalue weighted by Gasteiger charge is -2.23. The van der Waals surface area contributed by atoms with Crippen LogP contribution in [0.4, 0.5) is 9.52 Å². The van der Waals surface area contributed by atoms with Crippen LogP contribution in [0, 0.1) is 5.82 Å². The van der Waals surface area contributed by atoms with Gasteiger partial charge in [0.15, 0.2) is 5.13 Å². The Bertz CT molecular complexity index is 716. The molecule has 0 saturated carbocycles. The van der Waals surface area contributed by atoms with Gasteiger partial charge in [-0.2, -0.15) is 0 Å². The van der Waals surface area contributed by atoms with Crippen LogP contribution in [-0.2, 0) is 9.59 Å². The fourth-order valence-corrected chi connectivity index (χ4v) is 2.76. The highest BCUT2D eigenvalue weighted by molar-refractivity contribution is 7.14. The third-order valence-electron chi connectivity index (χ3n) is 3.31. The molecule has 1 amide bonds. The van der Waals surface area contributed by atoms with Crippen LogP contribution in [0.25, 0.3) is 11.3 Å². The standard InChI is InChI=1S/C16H18FN3O3S/c1-10(2)20(8-15(22)23)7-14(21)19-16-18-13(9-24-16)11-3-5-12(17)6-4-11/h3-6,9-10H,7-8H2,1-2H3,(H,22,23)(H,18,19,21). The van der Waals surface area contributed by atoms with Crippen LogP contribution >= 0.6 is 11.3 Å². The van der Waals surface area contributed by atoms with Crippen molar-refractivity contribution in [3.05, 3.63) is 35.5 Å². The Hall–Kier alpha value is -2.32. The lowest BCUT2D eigenvalue weighted by atomic mass is 10.2. The van der Waals surface area contributed by atoms with Gasteiger partial charge in [0.2, 0.25) is 5.91 Å². The maximum atomic E-state index is 12.9. The van der Waals surface area contributed by atoms with Gasteiger partial charge in [-0.3, -0.25) is 14.5 Å². The monoisotopic (exact) mass is 351 g/mol. The van der Waals surface area contributed by atoms with Crippen molar-refractivity contribution >= 4 is 28.3 Å². The Balaban J connectivity index is 1.99. The van der Waals surface area contributed by atoms with E-state index in [1.807, 2.05) is 13.8 Å². The van der Waals surface area contributed by atoms with Gasteiger partial charge in [-0.1, -0.05) is 0 Å². The van der Waals surface area contributed by atoms with Crippen molar-refractivity contribution in [3.63, 3.8) is 0 Å². The summed E-state index contributed by atoms with van der Waals surface area (Å²) in [7, 11) is 0. The zero-order valence-corrected chi connectivity index (χ0v) is 14.1. The maximum Gasteiger partial charge on any atom is 0.317 e. The molecule has 8 heteroatoms. The number of carboxylic acid groups (broad SMARTS) is 1. The molecule has 6 nitrogen and oxygen atoms in total. The number of carbonyl (C=O) groups is 2. The van der Waals surface area contributed by atoms with Gasteiger partial charge in [0.1, 0.15) is 5.82 Å². The lowest BCUT2D eigenvalue weighted by Crippen LogP contribution is -2.41. The molecule has 2 aromatic rings. The van der Waals surface area contributed by atoms with E-state index in [4.69, 9.17) is 5.11 Å². The number of rotatable bonds is 7. The maximum absolute atomic E-state index is 12.9. The number of thiazole rings is 1. The average molecular weight is 351 g/mol. The van der Waals surface area contributed by atoms with Crippen LogP contribution in [0.1, 0.15) is 13.8 Å². The first kappa shape index (κ1) is 18.0. The summed E-state index contributed by atoms with van der Waals surface area (Å²) in [6.07, 6.45) is 0. The Kier molecular flexibility index (Phi) is 5.99. The lowest BCUT2D eigenvalue weighted by molar-refractivity contribution is -0.139. The van der Waals surface area contributed by atoms with Gasteiger partial charge >= 0.3 is 5.97 Å². The second-order valence-corrected chi connectivity index (χ2v) is 6.34. The minimum Gasteiger partial charge on any atom is -0.480 e. The third kappa shape index (κ3) is 5.10. The molecule has 0 aliphatic heterocycles. The zero-order valence-electron chi connectivity index (χ0n) is 13.3. The highest BCUT2D eigenvalue weighted by Gasteiger charge is 2.18. The zero-order chi connectivity index (χ0) is 17.7. The normalized spacial score (nSPS) is 11.0. The van der Waals surface area contributed by atoms with E-state index in [2.05, 4.69) is 10.3 Å². The molecule has 0 spiro atoms. The molecule has 24 heavy (non-hydrogen) atoms. The van der Waals surface area contributed by atoms with Gasteiger partial charge in [0.05, 0.1) is 18.8 Å². The number of anilines is 1. The van der Waals surface area contributed by atoms with Crippen LogP contribution < -0.4 is 5.32 Å². The molecule has 0 aliphatic carbocycles. The predicted octanol–water partition coefficient (Wildman–Crippen LogP) is 2.68. The van der Waals surface area contributed by atoms with E-state index in [0.717, 1.165) is 5.56 Å². The molecule has 2 rings (SSSR count). The molecule has 0 radical (unpaired) electrons. The number of aromatic nitrogens is 1. The number of halogens is 1. The molecule has 1 heterocycles. The number of amides is 1. The van der Waals surface area contributed by atoms with Crippen LogP contribution in [0.15, 0.2) is 29.6 Å². The number of carboxylic acids is 1. The van der Waals surface area contributed by atoms with Gasteiger partial charge in [0, 0.05) is 17.0 Å². The van der Waals surface area contributed by atoms with Gasteiger partial charge in [-0.05, 0) is 38.1 Å². The number of nitrogens with zero attached hydrogens (tertiary/aromatic N) is 2. The van der Waals surface area contributed by atoms with Crippen LogP contribution in [0.2, 0.25) is 0 Å². The molecule has 1 aromatic carbocycles. The topological polar surface area (TPSA) is 82.5 Å². The third-order valence-corrected chi connectivity index (χ3v) is 4.06. The first-order chi connectivity index (χ1) is 11.3. The summed E-state index contributed by atoms with van der Waals surface area (Å²) in [5.74, 6) is -1.64. The Morgan fingerprint density at radius 1 is 1.29 bits per heavy atom. The smallest absolute Gasteiger partial charge is 0.317 e. The van der Waals surface area contributed by atoms with E-state index in [0.29, 0.717) is 10.8 Å². The van der Waals surface area contributed by atoms with Crippen molar-refractivity contribution in [2.45, 2.75) is 19.9 Å². The van der Waals surface area contributed by atoms with Gasteiger partial charge in [-0.25, -0.2) is 9.37 Å². The quantitative estimate of drug-likeness (QED) is 0.801. The SMILES string of the molecule is CC(C)N(CC(=O)O)CC(=O)Nc1nc(-c2ccc(F)cc2)cs1. The Morgan fingerprint density at radius 3 is 2.54 bits per heavy atom. The van der Waals surface area contributed by atoms with Crippen LogP contribution in [0.5, 0.6) is 0 Å². The summed E-state index contributed by atoms with van der Waals surface area (Å²) >= 11 is 1.25. The van der Waals surface area contributed by atoms with E-state index in [9.17, 15) is 14.0 Å². The number of hydrogen-bond acceptors (Lipinski definition) is 5. The van der Waals surface area contributed by atoms with Crippen molar-refractivity contribution in [2.75, 3.05) is 18.4 Å². The predicted molar refractivity (Wildman–Crippen MR) is 90.5 cm³/mol. The minimum absolute atomic E-state index is 0.0323. The van der Waals surface area contributed by atoms with Crippen molar-refractivity contribution in [1.82, 2.24) is 9.88 Å². The summed E-state index contributed by atoms with van der Waals surface area (Å²) in [6, 6.07) is 5.85. The van der Waals surface area contributed by atoms with Crippen LogP contribution in [-0.4, -0.2) is 46.0 Å². The Labute approximate surface area is 142 Å². The summed E-state index contributed by atoms with van der Waals surface area (Å²) in [4.78, 5) is 28.7. The van der Waals surface area contributed by atoms with Gasteiger partial charge in [-0.15, -0.1) is 11.3 Å². The molecule has 2 N–H and O–H groups in total. The Morgan fingerprint density at radius 2 is 1.96 bits per heavy atom. The molecule has 1 aromatic heterocycles. The molecule has 0 bridgehead atoms. The van der Waals surface area contributed by atoms with Gasteiger partial charge in [0.25, 0.3) is 0 Å². The van der Waals surface area contributed by atoms with E-state index in [-0.39, 0.29) is 30.9 Å². The summed E-state index contributed by atoms with van der Waals surface area (Å²) < 4.78 is 12.9. The van der Waals surface area contributed by atoms with E-state index < -0.39 is 5.97 Å². The second kappa shape index (κ2) is 7.98. The number of hydrogen-bond donors (Lipinski definition) is 2. The van der Waals surface area contributed by atoms with Crippen molar-refractivity contribution in [1.29, 1.82) is 0 Å². The molecule has 0 atom stereocenters. The largest absolute Gasteiger partial charge is 0.480 e. The number of benzene rings is 1. The average Bonchev–Trinajstić information content (AvgIpc) is 2.95. The fourth-order valence-electron chi connectivity index (χ4n) is 2.02. The summed E-state index contributed by atoms with van der Waals surface area (Å²) in [5, 5.41) is 13.7. The first-order valence-corrected chi connectivity index (χ1v) is 8.20. The second-order valence-electron chi connectivity index (χ2n) is 5.49. The number of carbonyl (C=O) groups excluding carboxylic acids is 1. The van der Waals surface area contributed by atoms with E-state index in [1.165, 1.54) is 23.5 Å². The number of nitrogens with one attached hydrogen (secondary N) is 1. The highest BCUT2D eigenvalue weighted by atomic mass is 32.1. The fraction of sp³-hybridized carbons (Fsp3) is 0.312. The molecule has 0 aliphatic rings. The van der Waals surface area contributed by atoms with Crippen molar-refractivity contribution in [3.8, 4) is 11.3 Å². The van der Waals surface area contributed by atoms with Crippen molar-refractivity contribution in [2.24, 2.45) is 0 Å². The highest BCUT2D eigenvalue weighted by Crippen LogP contribution is 2.25. The van der Waals surface area contributed by atoms with Gasteiger partial charge < -0.3 is 10.4 Å². The molecular formula is C16H18FN3O3S. The summed E-state index contributed by atoms with van der Waals surface area (Å²) in [6.45, 7) is 3.41. The number of aliphatic carboxylic acids is 1.